The first kappa shape index (κ1) is 26.0. The van der Waals surface area contributed by atoms with Crippen LogP contribution in [-0.2, 0) is 0 Å². The minimum Gasteiger partial charge on any atom is -0.461 e. The van der Waals surface area contributed by atoms with Gasteiger partial charge in [-0.1, -0.05) is 109 Å². The van der Waals surface area contributed by atoms with Crippen molar-refractivity contribution in [2.45, 2.75) is 0 Å². The minimum atomic E-state index is 0.838. The van der Waals surface area contributed by atoms with Gasteiger partial charge in [0.2, 0.25) is 0 Å². The Labute approximate surface area is 270 Å². The van der Waals surface area contributed by atoms with Crippen LogP contribution in [0.5, 0.6) is 0 Å². The molecule has 0 atom stereocenters. The molecule has 220 valence electrons. The molecule has 10 aromatic rings. The van der Waals surface area contributed by atoms with E-state index in [-0.39, 0.29) is 0 Å². The molecular weight excluding hydrogens is 572 g/mol. The highest BCUT2D eigenvalue weighted by Crippen LogP contribution is 2.39. The summed E-state index contributed by atoms with van der Waals surface area (Å²) in [6, 6.07) is 57.0. The van der Waals surface area contributed by atoms with Gasteiger partial charge in [0.1, 0.15) is 6.26 Å². The SMILES string of the molecule is c1ccc(-n2ccoc3cc4c5ccccc5c5ccc(-n6c7ccccc7c7ccccc76)cc5c5ccccc5c4cc32)cc1. The molecule has 0 unspecified atom stereocenters. The summed E-state index contributed by atoms with van der Waals surface area (Å²) in [5.41, 5.74) is 6.51. The molecule has 0 aliphatic carbocycles. The first-order valence-electron chi connectivity index (χ1n) is 16.0. The summed E-state index contributed by atoms with van der Waals surface area (Å²) in [5.74, 6) is 0. The van der Waals surface area contributed by atoms with Gasteiger partial charge in [-0.05, 0) is 91.6 Å². The Morgan fingerprint density at radius 1 is 0.340 bits per heavy atom. The van der Waals surface area contributed by atoms with E-state index in [0.717, 1.165) is 27.9 Å². The van der Waals surface area contributed by atoms with E-state index >= 15 is 0 Å². The highest BCUT2D eigenvalue weighted by molar-refractivity contribution is 6.27. The van der Waals surface area contributed by atoms with Gasteiger partial charge in [-0.2, -0.15) is 0 Å². The van der Waals surface area contributed by atoms with Crippen molar-refractivity contribution in [3.05, 3.63) is 170 Å². The van der Waals surface area contributed by atoms with Crippen LogP contribution in [0, 0.1) is 0 Å². The molecule has 0 N–H and O–H groups in total. The number of rotatable bonds is 2. The summed E-state index contributed by atoms with van der Waals surface area (Å²) in [4.78, 5) is 0. The fraction of sp³-hybridized carbons (Fsp3) is 0. The van der Waals surface area contributed by atoms with Crippen molar-refractivity contribution in [1.29, 1.82) is 0 Å². The molecule has 0 aliphatic rings. The van der Waals surface area contributed by atoms with E-state index in [2.05, 4.69) is 161 Å². The van der Waals surface area contributed by atoms with Crippen LogP contribution in [0.15, 0.2) is 175 Å². The van der Waals surface area contributed by atoms with Crippen LogP contribution < -0.4 is 0 Å². The Morgan fingerprint density at radius 3 is 1.47 bits per heavy atom. The van der Waals surface area contributed by atoms with E-state index in [4.69, 9.17) is 4.42 Å². The maximum atomic E-state index is 6.19. The minimum absolute atomic E-state index is 0.838. The lowest BCUT2D eigenvalue weighted by atomic mass is 9.94. The molecule has 2 aromatic heterocycles. The highest BCUT2D eigenvalue weighted by Gasteiger charge is 2.15. The Hall–Kier alpha value is -6.32. The largest absolute Gasteiger partial charge is 0.461 e. The third kappa shape index (κ3) is 3.87. The molecule has 0 saturated carbocycles. The summed E-state index contributed by atoms with van der Waals surface area (Å²) >= 11 is 0. The standard InChI is InChI=1S/C44H28N2O/c1-2-12-29(13-3-1)45-24-25-47-44-28-40-32-15-5-4-14-31(32)35-23-22-30(26-38(35)33-16-6-7-17-34(33)39(40)27-43(44)45)46-41-20-10-8-18-36(41)37-19-9-11-21-42(37)46/h1-28H. The van der Waals surface area contributed by atoms with Crippen molar-refractivity contribution in [2.75, 3.05) is 0 Å². The van der Waals surface area contributed by atoms with Crippen molar-refractivity contribution in [3.8, 4) is 11.4 Å². The van der Waals surface area contributed by atoms with E-state index < -0.39 is 0 Å². The molecule has 0 bridgehead atoms. The van der Waals surface area contributed by atoms with Gasteiger partial charge in [-0.15, -0.1) is 0 Å². The molecule has 0 aliphatic heterocycles. The molecule has 0 amide bonds. The smallest absolute Gasteiger partial charge is 0.151 e. The summed E-state index contributed by atoms with van der Waals surface area (Å²) < 4.78 is 10.8. The second kappa shape index (κ2) is 10.1. The van der Waals surface area contributed by atoms with Gasteiger partial charge in [0.05, 0.1) is 16.6 Å². The van der Waals surface area contributed by atoms with E-state index in [1.54, 1.807) is 6.26 Å². The zero-order valence-electron chi connectivity index (χ0n) is 25.5. The zero-order valence-corrected chi connectivity index (χ0v) is 25.5. The molecule has 8 aromatic carbocycles. The summed E-state index contributed by atoms with van der Waals surface area (Å²) in [6.45, 7) is 0. The highest BCUT2D eigenvalue weighted by atomic mass is 16.3. The van der Waals surface area contributed by atoms with Crippen LogP contribution in [-0.4, -0.2) is 9.13 Å². The molecular formula is C44H28N2O. The van der Waals surface area contributed by atoms with Crippen molar-refractivity contribution < 1.29 is 4.42 Å². The maximum Gasteiger partial charge on any atom is 0.151 e. The van der Waals surface area contributed by atoms with Gasteiger partial charge in [-0.3, -0.25) is 0 Å². The third-order valence-electron chi connectivity index (χ3n) is 9.65. The Balaban J connectivity index is 1.39. The molecule has 0 saturated heterocycles. The monoisotopic (exact) mass is 600 g/mol. The molecule has 10 rings (SSSR count). The van der Waals surface area contributed by atoms with Crippen molar-refractivity contribution in [1.82, 2.24) is 9.13 Å². The normalized spacial score (nSPS) is 11.8. The predicted molar refractivity (Wildman–Crippen MR) is 198 cm³/mol. The quantitative estimate of drug-likeness (QED) is 0.194. The van der Waals surface area contributed by atoms with Gasteiger partial charge in [-0.25, -0.2) is 0 Å². The summed E-state index contributed by atoms with van der Waals surface area (Å²) in [6.07, 6.45) is 3.77. The third-order valence-corrected chi connectivity index (χ3v) is 9.65. The summed E-state index contributed by atoms with van der Waals surface area (Å²) in [5, 5.41) is 12.1. The van der Waals surface area contributed by atoms with Gasteiger partial charge in [0.25, 0.3) is 0 Å². The lowest BCUT2D eigenvalue weighted by Gasteiger charge is -2.15. The molecule has 0 spiro atoms. The topological polar surface area (TPSA) is 23.0 Å². The maximum absolute atomic E-state index is 6.19. The van der Waals surface area contributed by atoms with Gasteiger partial charge < -0.3 is 13.6 Å². The Bertz CT molecular complexity index is 2850. The van der Waals surface area contributed by atoms with Crippen molar-refractivity contribution in [3.63, 3.8) is 0 Å². The second-order valence-electron chi connectivity index (χ2n) is 12.2. The summed E-state index contributed by atoms with van der Waals surface area (Å²) in [7, 11) is 0. The van der Waals surface area contributed by atoms with Gasteiger partial charge in [0, 0.05) is 28.3 Å². The van der Waals surface area contributed by atoms with Crippen LogP contribution in [0.25, 0.3) is 87.4 Å². The predicted octanol–water partition coefficient (Wildman–Crippen LogP) is 12.1. The average molecular weight is 601 g/mol. The number of hydrogen-bond acceptors (Lipinski definition) is 1. The number of para-hydroxylation sites is 3. The Kier molecular flexibility index (Phi) is 5.57. The first-order valence-corrected chi connectivity index (χ1v) is 16.0. The zero-order chi connectivity index (χ0) is 30.9. The van der Waals surface area contributed by atoms with E-state index in [0.29, 0.717) is 0 Å². The van der Waals surface area contributed by atoms with Gasteiger partial charge >= 0.3 is 0 Å². The lowest BCUT2D eigenvalue weighted by molar-refractivity contribution is 0.593. The van der Waals surface area contributed by atoms with Crippen molar-refractivity contribution in [2.24, 2.45) is 0 Å². The fourth-order valence-electron chi connectivity index (χ4n) is 7.59. The molecule has 0 radical (unpaired) electrons. The molecule has 0 fully saturated rings. The van der Waals surface area contributed by atoms with E-state index in [1.807, 2.05) is 12.3 Å². The van der Waals surface area contributed by atoms with Crippen LogP contribution in [0.3, 0.4) is 0 Å². The fourth-order valence-corrected chi connectivity index (χ4v) is 7.59. The Morgan fingerprint density at radius 2 is 0.830 bits per heavy atom. The second-order valence-corrected chi connectivity index (χ2v) is 12.2. The first-order chi connectivity index (χ1) is 23.3. The number of benzene rings is 7. The van der Waals surface area contributed by atoms with Crippen LogP contribution >= 0.6 is 0 Å². The number of nitrogens with zero attached hydrogens (tertiary/aromatic N) is 2. The van der Waals surface area contributed by atoms with Gasteiger partial charge in [0.15, 0.2) is 5.58 Å². The molecule has 47 heavy (non-hydrogen) atoms. The number of fused-ring (bicyclic) bond motifs is 12. The van der Waals surface area contributed by atoms with Crippen LogP contribution in [0.1, 0.15) is 0 Å². The molecule has 3 heteroatoms. The van der Waals surface area contributed by atoms with Crippen molar-refractivity contribution >= 4 is 76.0 Å². The van der Waals surface area contributed by atoms with E-state index in [1.165, 1.54) is 59.5 Å². The number of hydrogen-bond donors (Lipinski definition) is 0. The lowest BCUT2D eigenvalue weighted by Crippen LogP contribution is -1.96. The average Bonchev–Trinajstić information content (AvgIpc) is 3.48. The molecule has 3 nitrogen and oxygen atoms in total. The van der Waals surface area contributed by atoms with Crippen LogP contribution in [0.2, 0.25) is 0 Å². The van der Waals surface area contributed by atoms with Crippen LogP contribution in [0.4, 0.5) is 0 Å². The number of aromatic nitrogens is 2. The molecule has 2 heterocycles. The van der Waals surface area contributed by atoms with E-state index in [9.17, 15) is 0 Å².